The normalized spacial score (nSPS) is 27.5. The summed E-state index contributed by atoms with van der Waals surface area (Å²) in [6.45, 7) is 7.16. The van der Waals surface area contributed by atoms with Gasteiger partial charge in [0, 0.05) is 18.4 Å². The molecule has 2 N–H and O–H groups in total. The molecular weight excluding hydrogens is 443 g/mol. The molecule has 25 heavy (non-hydrogen) atoms. The Hall–Kier alpha value is -0.710. The molecule has 0 radical (unpaired) electrons. The summed E-state index contributed by atoms with van der Waals surface area (Å²) in [5.74, 6) is -0.923. The smallest absolute Gasteiger partial charge is 0.333 e. The molecule has 5 atom stereocenters. The van der Waals surface area contributed by atoms with Gasteiger partial charge in [-0.25, -0.2) is 4.79 Å². The molecule has 0 amide bonds. The zero-order valence-corrected chi connectivity index (χ0v) is 17.2. The van der Waals surface area contributed by atoms with Crippen molar-refractivity contribution < 1.29 is 34.0 Å². The Morgan fingerprint density at radius 1 is 1.36 bits per heavy atom. The molecule has 1 saturated heterocycles. The van der Waals surface area contributed by atoms with Crippen molar-refractivity contribution in [3.05, 3.63) is 11.6 Å². The fourth-order valence-corrected chi connectivity index (χ4v) is 3.43. The number of carbonyl (C=O) groups excluding carboxylic acids is 2. The van der Waals surface area contributed by atoms with Crippen molar-refractivity contribution in [1.29, 1.82) is 0 Å². The third-order valence-electron chi connectivity index (χ3n) is 3.95. The van der Waals surface area contributed by atoms with Crippen LogP contribution in [-0.2, 0) is 23.8 Å². The molecule has 1 aliphatic rings. The second-order valence-electron chi connectivity index (χ2n) is 6.15. The van der Waals surface area contributed by atoms with Gasteiger partial charge in [-0.15, -0.1) is 0 Å². The minimum Gasteiger partial charge on any atom is -0.465 e. The van der Waals surface area contributed by atoms with Gasteiger partial charge in [0.1, 0.15) is 9.53 Å². The highest BCUT2D eigenvalue weighted by Crippen LogP contribution is 2.37. The van der Waals surface area contributed by atoms with E-state index in [4.69, 9.17) is 14.2 Å². The van der Waals surface area contributed by atoms with E-state index in [-0.39, 0.29) is 19.6 Å². The Bertz CT molecular complexity index is 503. The number of esters is 2. The highest BCUT2D eigenvalue weighted by Gasteiger charge is 2.50. The predicted molar refractivity (Wildman–Crippen MR) is 99.4 cm³/mol. The predicted octanol–water partition coefficient (Wildman–Crippen LogP) is 1.52. The van der Waals surface area contributed by atoms with E-state index >= 15 is 0 Å². The summed E-state index contributed by atoms with van der Waals surface area (Å²) >= 11 is 1.93. The van der Waals surface area contributed by atoms with Gasteiger partial charge in [-0.1, -0.05) is 22.6 Å². The van der Waals surface area contributed by atoms with Gasteiger partial charge in [0.05, 0.1) is 31.5 Å². The monoisotopic (exact) mass is 470 g/mol. The maximum atomic E-state index is 12.1. The summed E-state index contributed by atoms with van der Waals surface area (Å²) in [6, 6.07) is 0. The maximum Gasteiger partial charge on any atom is 0.333 e. The third kappa shape index (κ3) is 6.19. The van der Waals surface area contributed by atoms with Crippen molar-refractivity contribution in [3.8, 4) is 0 Å². The van der Waals surface area contributed by atoms with E-state index in [1.54, 1.807) is 27.7 Å². The van der Waals surface area contributed by atoms with E-state index in [0.29, 0.717) is 12.0 Å². The first kappa shape index (κ1) is 22.3. The average molecular weight is 470 g/mol. The van der Waals surface area contributed by atoms with Crippen LogP contribution in [0.15, 0.2) is 11.6 Å². The minimum absolute atomic E-state index is 0.208. The van der Waals surface area contributed by atoms with Crippen LogP contribution in [-0.4, -0.2) is 63.2 Å². The molecule has 0 aromatic rings. The molecule has 1 heterocycles. The summed E-state index contributed by atoms with van der Waals surface area (Å²) < 4.78 is 14.7. The number of hydrogen-bond donors (Lipinski definition) is 2. The number of halogens is 1. The number of rotatable bonds is 8. The Morgan fingerprint density at radius 2 is 1.96 bits per heavy atom. The first-order valence-electron chi connectivity index (χ1n) is 8.36. The topological polar surface area (TPSA) is 102 Å². The van der Waals surface area contributed by atoms with Crippen molar-refractivity contribution in [3.63, 3.8) is 0 Å². The quantitative estimate of drug-likeness (QED) is 0.240. The number of alkyl halides is 1. The van der Waals surface area contributed by atoms with Gasteiger partial charge < -0.3 is 24.4 Å². The first-order chi connectivity index (χ1) is 11.6. The van der Waals surface area contributed by atoms with Crippen LogP contribution in [0.5, 0.6) is 0 Å². The van der Waals surface area contributed by atoms with Gasteiger partial charge in [-0.2, -0.15) is 0 Å². The Kier molecular flexibility index (Phi) is 8.79. The highest BCUT2D eigenvalue weighted by atomic mass is 127. The Morgan fingerprint density at radius 3 is 2.52 bits per heavy atom. The third-order valence-corrected chi connectivity index (χ3v) is 5.00. The van der Waals surface area contributed by atoms with Crippen molar-refractivity contribution in [2.75, 3.05) is 13.2 Å². The zero-order valence-electron chi connectivity index (χ0n) is 15.0. The molecule has 0 bridgehead atoms. The van der Waals surface area contributed by atoms with E-state index in [9.17, 15) is 19.8 Å². The summed E-state index contributed by atoms with van der Waals surface area (Å²) in [6.07, 6.45) is -0.979. The molecule has 0 spiro atoms. The number of aliphatic hydroxyl groups is 2. The van der Waals surface area contributed by atoms with Gasteiger partial charge in [0.2, 0.25) is 0 Å². The van der Waals surface area contributed by atoms with E-state index in [1.165, 1.54) is 6.08 Å². The molecule has 1 rings (SSSR count). The van der Waals surface area contributed by atoms with Crippen LogP contribution < -0.4 is 0 Å². The highest BCUT2D eigenvalue weighted by molar-refractivity contribution is 14.1. The van der Waals surface area contributed by atoms with Crippen molar-refractivity contribution >= 4 is 34.5 Å². The van der Waals surface area contributed by atoms with E-state index in [1.807, 2.05) is 22.6 Å². The lowest BCUT2D eigenvalue weighted by Gasteiger charge is -2.29. The summed E-state index contributed by atoms with van der Waals surface area (Å²) in [5.41, 5.74) is 0.315. The number of hydrogen-bond acceptors (Lipinski definition) is 7. The van der Waals surface area contributed by atoms with Crippen LogP contribution in [0.3, 0.4) is 0 Å². The van der Waals surface area contributed by atoms with Crippen molar-refractivity contribution in [1.82, 2.24) is 0 Å². The Labute approximate surface area is 161 Å². The van der Waals surface area contributed by atoms with Gasteiger partial charge in [0.25, 0.3) is 0 Å². The van der Waals surface area contributed by atoms with E-state index in [2.05, 4.69) is 0 Å². The lowest BCUT2D eigenvalue weighted by atomic mass is 9.98. The fourth-order valence-electron chi connectivity index (χ4n) is 2.71. The molecule has 1 fully saturated rings. The van der Waals surface area contributed by atoms with Crippen LogP contribution in [0, 0.1) is 0 Å². The molecule has 8 heteroatoms. The van der Waals surface area contributed by atoms with E-state index < -0.39 is 39.8 Å². The lowest BCUT2D eigenvalue weighted by molar-refractivity contribution is -0.150. The molecule has 0 aliphatic carbocycles. The molecule has 0 aromatic heterocycles. The summed E-state index contributed by atoms with van der Waals surface area (Å²) in [5, 5.41) is 20.4. The minimum atomic E-state index is -1.02. The number of aliphatic hydroxyl groups excluding tert-OH is 2. The molecule has 0 aromatic carbocycles. The van der Waals surface area contributed by atoms with Crippen LogP contribution in [0.4, 0.5) is 0 Å². The largest absolute Gasteiger partial charge is 0.465 e. The summed E-state index contributed by atoms with van der Waals surface area (Å²) in [4.78, 5) is 23.6. The molecule has 144 valence electrons. The van der Waals surface area contributed by atoms with Gasteiger partial charge in [-0.3, -0.25) is 4.79 Å². The van der Waals surface area contributed by atoms with Gasteiger partial charge >= 0.3 is 11.9 Å². The first-order valence-corrected chi connectivity index (χ1v) is 9.44. The van der Waals surface area contributed by atoms with Gasteiger partial charge in [-0.05, 0) is 33.8 Å². The fraction of sp³-hybridized carbons (Fsp3) is 0.765. The van der Waals surface area contributed by atoms with Crippen LogP contribution in [0.2, 0.25) is 0 Å². The number of ether oxygens (including phenoxy) is 3. The summed E-state index contributed by atoms with van der Waals surface area (Å²) in [7, 11) is 0. The average Bonchev–Trinajstić information content (AvgIpc) is 2.88. The van der Waals surface area contributed by atoms with Crippen LogP contribution in [0.1, 0.15) is 40.5 Å². The maximum absolute atomic E-state index is 12.1. The van der Waals surface area contributed by atoms with Crippen molar-refractivity contribution in [2.45, 2.75) is 68.4 Å². The van der Waals surface area contributed by atoms with Crippen LogP contribution in [0.25, 0.3) is 0 Å². The van der Waals surface area contributed by atoms with Crippen LogP contribution >= 0.6 is 22.6 Å². The van der Waals surface area contributed by atoms with Gasteiger partial charge in [0.15, 0.2) is 0 Å². The molecule has 0 saturated carbocycles. The standard InChI is InChI=1S/C17H27IO7/c1-5-23-15(21)10(3)7-11(19)8-12-9-13(20)14(25-12)17(4,18)16(22)24-6-2/h7,11-14,19-20H,5-6,8-9H2,1-4H3/b10-7+/t11-,12+,13+,14+,17+/m0/s1. The Balaban J connectivity index is 2.67. The second kappa shape index (κ2) is 9.84. The molecular formula is C17H27IO7. The lowest BCUT2D eigenvalue weighted by Crippen LogP contribution is -2.47. The second-order valence-corrected chi connectivity index (χ2v) is 8.39. The molecule has 7 nitrogen and oxygen atoms in total. The molecule has 1 aliphatic heterocycles. The van der Waals surface area contributed by atoms with E-state index in [0.717, 1.165) is 0 Å². The zero-order chi connectivity index (χ0) is 19.2. The molecule has 0 unspecified atom stereocenters. The number of carbonyl (C=O) groups is 2. The van der Waals surface area contributed by atoms with Crippen molar-refractivity contribution in [2.24, 2.45) is 0 Å². The SMILES string of the molecule is CCOC(=O)/C(C)=C/[C@H](O)C[C@@H]1C[C@@H](O)[C@H]([C@@](C)(I)C(=O)OCC)O1.